The Labute approximate surface area is 119 Å². The Bertz CT molecular complexity index is 412. The summed E-state index contributed by atoms with van der Waals surface area (Å²) in [5.74, 6) is -0.233. The van der Waals surface area contributed by atoms with Crippen LogP contribution in [-0.2, 0) is 9.47 Å². The molecule has 0 amide bonds. The fourth-order valence-electron chi connectivity index (χ4n) is 2.96. The minimum absolute atomic E-state index is 0.0356. The highest BCUT2D eigenvalue weighted by Crippen LogP contribution is 2.29. The summed E-state index contributed by atoms with van der Waals surface area (Å²) in [6, 6.07) is 6.52. The molecule has 20 heavy (non-hydrogen) atoms. The van der Waals surface area contributed by atoms with Crippen LogP contribution < -0.4 is 5.73 Å². The molecule has 1 saturated heterocycles. The number of likely N-dealkylation sites (tertiary alicyclic amines) is 1. The third-order valence-corrected chi connectivity index (χ3v) is 3.95. The summed E-state index contributed by atoms with van der Waals surface area (Å²) in [4.78, 5) is 2.25. The van der Waals surface area contributed by atoms with Crippen LogP contribution in [0.25, 0.3) is 0 Å². The number of ether oxygens (including phenoxy) is 2. The van der Waals surface area contributed by atoms with Crippen LogP contribution in [0.15, 0.2) is 24.3 Å². The van der Waals surface area contributed by atoms with Gasteiger partial charge in [-0.1, -0.05) is 12.1 Å². The summed E-state index contributed by atoms with van der Waals surface area (Å²) in [7, 11) is 3.39. The van der Waals surface area contributed by atoms with Gasteiger partial charge in [0.05, 0.1) is 12.2 Å². The van der Waals surface area contributed by atoms with Crippen molar-refractivity contribution in [3.05, 3.63) is 35.6 Å². The molecule has 0 spiro atoms. The quantitative estimate of drug-likeness (QED) is 0.890. The van der Waals surface area contributed by atoms with Gasteiger partial charge in [0.2, 0.25) is 0 Å². The van der Waals surface area contributed by atoms with Gasteiger partial charge in [-0.25, -0.2) is 4.39 Å². The molecule has 1 aromatic rings. The number of rotatable bonds is 5. The van der Waals surface area contributed by atoms with Crippen molar-refractivity contribution in [3.63, 3.8) is 0 Å². The van der Waals surface area contributed by atoms with Gasteiger partial charge in [-0.05, 0) is 24.6 Å². The summed E-state index contributed by atoms with van der Waals surface area (Å²) in [5.41, 5.74) is 7.16. The third kappa shape index (κ3) is 3.17. The van der Waals surface area contributed by atoms with Gasteiger partial charge in [0, 0.05) is 39.4 Å². The fraction of sp³-hybridized carbons (Fsp3) is 0.600. The number of nitrogens with two attached hydrogens (primary N) is 1. The van der Waals surface area contributed by atoms with E-state index < -0.39 is 0 Å². The summed E-state index contributed by atoms with van der Waals surface area (Å²) in [6.07, 6.45) is 0.0865. The Kier molecular flexibility index (Phi) is 5.10. The molecule has 5 heteroatoms. The Balaban J connectivity index is 2.20. The molecule has 1 heterocycles. The monoisotopic (exact) mass is 282 g/mol. The van der Waals surface area contributed by atoms with E-state index in [1.807, 2.05) is 6.92 Å². The van der Waals surface area contributed by atoms with Gasteiger partial charge in [-0.15, -0.1) is 0 Å². The molecule has 2 N–H and O–H groups in total. The first-order chi connectivity index (χ1) is 9.56. The van der Waals surface area contributed by atoms with Gasteiger partial charge in [-0.2, -0.15) is 0 Å². The van der Waals surface area contributed by atoms with E-state index in [1.54, 1.807) is 26.4 Å². The molecule has 2 rings (SSSR count). The Morgan fingerprint density at radius 2 is 1.65 bits per heavy atom. The van der Waals surface area contributed by atoms with Gasteiger partial charge in [0.1, 0.15) is 5.82 Å². The summed E-state index contributed by atoms with van der Waals surface area (Å²) >= 11 is 0. The topological polar surface area (TPSA) is 47.7 Å². The maximum Gasteiger partial charge on any atom is 0.123 e. The van der Waals surface area contributed by atoms with Crippen LogP contribution in [-0.4, -0.2) is 50.5 Å². The lowest BCUT2D eigenvalue weighted by Crippen LogP contribution is -2.39. The number of hydrogen-bond donors (Lipinski definition) is 1. The first-order valence-electron chi connectivity index (χ1n) is 6.87. The zero-order valence-electron chi connectivity index (χ0n) is 12.3. The lowest BCUT2D eigenvalue weighted by molar-refractivity contribution is -0.00461. The summed E-state index contributed by atoms with van der Waals surface area (Å²) in [5, 5.41) is 0. The molecule has 1 aliphatic rings. The molecule has 0 aliphatic carbocycles. The number of methoxy groups -OCH3 is 2. The standard InChI is InChI=1S/C15H23FN2O2/c1-10(17)15(11-4-6-12(16)7-5-11)18-8-13(19-2)14(9-18)20-3/h4-7,10,13-15H,8-9,17H2,1-3H3. The van der Waals surface area contributed by atoms with E-state index in [2.05, 4.69) is 4.90 Å². The molecular weight excluding hydrogens is 259 g/mol. The predicted octanol–water partition coefficient (Wildman–Crippen LogP) is 1.56. The molecule has 0 radical (unpaired) electrons. The van der Waals surface area contributed by atoms with Crippen LogP contribution in [0.5, 0.6) is 0 Å². The van der Waals surface area contributed by atoms with E-state index in [9.17, 15) is 4.39 Å². The molecule has 0 aromatic heterocycles. The van der Waals surface area contributed by atoms with Crippen molar-refractivity contribution in [2.75, 3.05) is 27.3 Å². The van der Waals surface area contributed by atoms with Crippen LogP contribution in [0.1, 0.15) is 18.5 Å². The molecular formula is C15H23FN2O2. The van der Waals surface area contributed by atoms with Gasteiger partial charge in [0.25, 0.3) is 0 Å². The zero-order chi connectivity index (χ0) is 14.7. The van der Waals surface area contributed by atoms with Crippen molar-refractivity contribution >= 4 is 0 Å². The second-order valence-electron chi connectivity index (χ2n) is 5.36. The number of hydrogen-bond acceptors (Lipinski definition) is 4. The minimum atomic E-state index is -0.233. The molecule has 1 fully saturated rings. The third-order valence-electron chi connectivity index (χ3n) is 3.95. The first-order valence-corrected chi connectivity index (χ1v) is 6.87. The van der Waals surface area contributed by atoms with Crippen LogP contribution in [0, 0.1) is 5.82 Å². The van der Waals surface area contributed by atoms with Gasteiger partial charge in [-0.3, -0.25) is 4.90 Å². The molecule has 4 atom stereocenters. The van der Waals surface area contributed by atoms with Crippen molar-refractivity contribution in [2.45, 2.75) is 31.2 Å². The SMILES string of the molecule is COC1CN(C(c2ccc(F)cc2)C(C)N)CC1OC. The van der Waals surface area contributed by atoms with E-state index in [1.165, 1.54) is 12.1 Å². The maximum absolute atomic E-state index is 13.1. The highest BCUT2D eigenvalue weighted by Gasteiger charge is 2.38. The van der Waals surface area contributed by atoms with Gasteiger partial charge < -0.3 is 15.2 Å². The van der Waals surface area contributed by atoms with E-state index in [0.29, 0.717) is 0 Å². The van der Waals surface area contributed by atoms with Crippen molar-refractivity contribution < 1.29 is 13.9 Å². The predicted molar refractivity (Wildman–Crippen MR) is 76.0 cm³/mol. The van der Waals surface area contributed by atoms with Crippen molar-refractivity contribution in [3.8, 4) is 0 Å². The summed E-state index contributed by atoms with van der Waals surface area (Å²) in [6.45, 7) is 3.49. The largest absolute Gasteiger partial charge is 0.377 e. The van der Waals surface area contributed by atoms with Crippen LogP contribution in [0.3, 0.4) is 0 Å². The smallest absolute Gasteiger partial charge is 0.123 e. The van der Waals surface area contributed by atoms with Crippen molar-refractivity contribution in [1.29, 1.82) is 0 Å². The Hall–Kier alpha value is -1.01. The highest BCUT2D eigenvalue weighted by molar-refractivity contribution is 5.22. The first kappa shape index (κ1) is 15.4. The highest BCUT2D eigenvalue weighted by atomic mass is 19.1. The van der Waals surface area contributed by atoms with Gasteiger partial charge >= 0.3 is 0 Å². The number of nitrogens with zero attached hydrogens (tertiary/aromatic N) is 1. The summed E-state index contributed by atoms with van der Waals surface area (Å²) < 4.78 is 24.0. The van der Waals surface area contributed by atoms with E-state index in [-0.39, 0.29) is 30.1 Å². The molecule has 4 unspecified atom stereocenters. The minimum Gasteiger partial charge on any atom is -0.377 e. The van der Waals surface area contributed by atoms with Crippen LogP contribution in [0.2, 0.25) is 0 Å². The fourth-order valence-corrected chi connectivity index (χ4v) is 2.96. The van der Waals surface area contributed by atoms with E-state index >= 15 is 0 Å². The van der Waals surface area contributed by atoms with E-state index in [0.717, 1.165) is 18.7 Å². The lowest BCUT2D eigenvalue weighted by atomic mass is 9.99. The molecule has 1 aliphatic heterocycles. The Morgan fingerprint density at radius 1 is 1.15 bits per heavy atom. The zero-order valence-corrected chi connectivity index (χ0v) is 12.3. The van der Waals surface area contributed by atoms with Crippen LogP contribution >= 0.6 is 0 Å². The average molecular weight is 282 g/mol. The second-order valence-corrected chi connectivity index (χ2v) is 5.36. The molecule has 0 saturated carbocycles. The van der Waals surface area contributed by atoms with Gasteiger partial charge in [0.15, 0.2) is 0 Å². The van der Waals surface area contributed by atoms with E-state index in [4.69, 9.17) is 15.2 Å². The van der Waals surface area contributed by atoms with Crippen LogP contribution in [0.4, 0.5) is 4.39 Å². The molecule has 112 valence electrons. The molecule has 0 bridgehead atoms. The number of halogens is 1. The Morgan fingerprint density at radius 3 is 2.05 bits per heavy atom. The lowest BCUT2D eigenvalue weighted by Gasteiger charge is -2.31. The maximum atomic E-state index is 13.1. The van der Waals surface area contributed by atoms with Crippen molar-refractivity contribution in [2.24, 2.45) is 5.73 Å². The second kappa shape index (κ2) is 6.63. The molecule has 4 nitrogen and oxygen atoms in total. The normalized spacial score (nSPS) is 26.6. The number of benzene rings is 1. The average Bonchev–Trinajstić information content (AvgIpc) is 2.83. The van der Waals surface area contributed by atoms with Crippen molar-refractivity contribution in [1.82, 2.24) is 4.90 Å². The molecule has 1 aromatic carbocycles.